The molecule has 2 aromatic rings. The lowest BCUT2D eigenvalue weighted by Gasteiger charge is -2.01. The van der Waals surface area contributed by atoms with E-state index in [0.29, 0.717) is 5.71 Å². The number of rotatable bonds is 1. The Balaban J connectivity index is 2.09. The fourth-order valence-electron chi connectivity index (χ4n) is 2.08. The summed E-state index contributed by atoms with van der Waals surface area (Å²) in [6.07, 6.45) is 0. The van der Waals surface area contributed by atoms with Gasteiger partial charge in [-0.2, -0.15) is 0 Å². The maximum atomic E-state index is 12.0. The van der Waals surface area contributed by atoms with Crippen molar-refractivity contribution in [3.63, 3.8) is 0 Å². The zero-order chi connectivity index (χ0) is 13.4. The molecule has 2 aromatic carbocycles. The summed E-state index contributed by atoms with van der Waals surface area (Å²) in [5, 5.41) is 2.87. The van der Waals surface area contributed by atoms with E-state index in [1.807, 2.05) is 49.4 Å². The number of carbonyl (C=O) groups is 1. The fourth-order valence-corrected chi connectivity index (χ4v) is 2.35. The van der Waals surface area contributed by atoms with Gasteiger partial charge in [-0.05, 0) is 36.8 Å². The first-order valence-corrected chi connectivity index (χ1v) is 6.70. The van der Waals surface area contributed by atoms with E-state index in [-0.39, 0.29) is 5.91 Å². The molecule has 3 rings (SSSR count). The quantitative estimate of drug-likeness (QED) is 0.854. The molecule has 1 amide bonds. The molecule has 1 aliphatic heterocycles. The molecule has 0 radical (unpaired) electrons. The Labute approximate surface area is 119 Å². The second-order valence-electron chi connectivity index (χ2n) is 4.39. The van der Waals surface area contributed by atoms with Crippen molar-refractivity contribution in [2.24, 2.45) is 4.99 Å². The van der Waals surface area contributed by atoms with Crippen molar-refractivity contribution in [2.75, 3.05) is 5.32 Å². The number of amides is 1. The van der Waals surface area contributed by atoms with Gasteiger partial charge >= 0.3 is 0 Å². The third-order valence-corrected chi connectivity index (χ3v) is 3.58. The summed E-state index contributed by atoms with van der Waals surface area (Å²) >= 11 is 3.38. The molecule has 0 saturated carbocycles. The van der Waals surface area contributed by atoms with Crippen LogP contribution in [0.5, 0.6) is 0 Å². The Morgan fingerprint density at radius 1 is 1.11 bits per heavy atom. The van der Waals surface area contributed by atoms with Gasteiger partial charge in [-0.3, -0.25) is 4.79 Å². The van der Waals surface area contributed by atoms with Gasteiger partial charge in [0.1, 0.15) is 5.71 Å². The minimum atomic E-state index is -0.146. The molecule has 0 aliphatic carbocycles. The third-order valence-electron chi connectivity index (χ3n) is 3.05. The van der Waals surface area contributed by atoms with E-state index in [2.05, 4.69) is 26.2 Å². The monoisotopic (exact) mass is 314 g/mol. The average Bonchev–Trinajstić information content (AvgIpc) is 2.71. The normalized spacial score (nSPS) is 15.5. The number of carbonyl (C=O) groups excluding carboxylic acids is 1. The Morgan fingerprint density at radius 3 is 2.58 bits per heavy atom. The van der Waals surface area contributed by atoms with Crippen molar-refractivity contribution in [3.8, 4) is 0 Å². The summed E-state index contributed by atoms with van der Waals surface area (Å²) in [6.45, 7) is 1.97. The highest BCUT2D eigenvalue weighted by Gasteiger charge is 2.26. The molecule has 3 nitrogen and oxygen atoms in total. The second-order valence-corrected chi connectivity index (χ2v) is 5.30. The van der Waals surface area contributed by atoms with Gasteiger partial charge in [0.05, 0.1) is 11.4 Å². The zero-order valence-electron chi connectivity index (χ0n) is 10.3. The standard InChI is InChI=1S/C15H11BrN2O/c1-9-3-2-4-12-13(9)18-15(19)14(12)17-11-7-5-10(16)6-8-11/h2-8H,1H3,(H,17,18,19). The van der Waals surface area contributed by atoms with Crippen LogP contribution in [0.15, 0.2) is 51.9 Å². The lowest BCUT2D eigenvalue weighted by atomic mass is 10.1. The van der Waals surface area contributed by atoms with Gasteiger partial charge in [0.25, 0.3) is 5.91 Å². The summed E-state index contributed by atoms with van der Waals surface area (Å²) in [5.74, 6) is -0.146. The van der Waals surface area contributed by atoms with E-state index in [4.69, 9.17) is 0 Å². The summed E-state index contributed by atoms with van der Waals surface area (Å²) in [6, 6.07) is 13.4. The first-order chi connectivity index (χ1) is 9.15. The SMILES string of the molecule is Cc1cccc2c1NC(=O)C2=Nc1ccc(Br)cc1. The number of halogens is 1. The van der Waals surface area contributed by atoms with E-state index in [0.717, 1.165) is 27.0 Å². The van der Waals surface area contributed by atoms with Crippen molar-refractivity contribution >= 4 is 38.9 Å². The summed E-state index contributed by atoms with van der Waals surface area (Å²) in [5.41, 5.74) is 4.02. The van der Waals surface area contributed by atoms with Crippen LogP contribution < -0.4 is 5.32 Å². The highest BCUT2D eigenvalue weighted by atomic mass is 79.9. The van der Waals surface area contributed by atoms with Crippen LogP contribution in [0.2, 0.25) is 0 Å². The Bertz CT molecular complexity index is 690. The summed E-state index contributed by atoms with van der Waals surface area (Å²) in [7, 11) is 0. The predicted octanol–water partition coefficient (Wildman–Crippen LogP) is 3.83. The number of hydrogen-bond acceptors (Lipinski definition) is 2. The van der Waals surface area contributed by atoms with Crippen LogP contribution in [0.3, 0.4) is 0 Å². The number of nitrogens with one attached hydrogen (secondary N) is 1. The molecule has 0 atom stereocenters. The minimum Gasteiger partial charge on any atom is -0.320 e. The first-order valence-electron chi connectivity index (χ1n) is 5.91. The molecule has 0 aromatic heterocycles. The number of nitrogens with zero attached hydrogens (tertiary/aromatic N) is 1. The molecule has 0 bridgehead atoms. The molecular weight excluding hydrogens is 304 g/mol. The van der Waals surface area contributed by atoms with Crippen molar-refractivity contribution in [3.05, 3.63) is 58.1 Å². The highest BCUT2D eigenvalue weighted by molar-refractivity contribution is 9.10. The number of aliphatic imine (C=N–C) groups is 1. The average molecular weight is 315 g/mol. The zero-order valence-corrected chi connectivity index (χ0v) is 11.9. The molecule has 0 fully saturated rings. The minimum absolute atomic E-state index is 0.146. The number of para-hydroxylation sites is 1. The molecule has 1 aliphatic rings. The van der Waals surface area contributed by atoms with Crippen LogP contribution in [-0.4, -0.2) is 11.6 Å². The van der Waals surface area contributed by atoms with Crippen LogP contribution in [0.4, 0.5) is 11.4 Å². The molecule has 1 heterocycles. The van der Waals surface area contributed by atoms with Gasteiger partial charge in [-0.15, -0.1) is 0 Å². The third kappa shape index (κ3) is 2.19. The van der Waals surface area contributed by atoms with Crippen molar-refractivity contribution in [1.82, 2.24) is 0 Å². The van der Waals surface area contributed by atoms with Gasteiger partial charge in [-0.1, -0.05) is 34.1 Å². The van der Waals surface area contributed by atoms with Gasteiger partial charge in [0.2, 0.25) is 0 Å². The van der Waals surface area contributed by atoms with E-state index >= 15 is 0 Å². The fraction of sp³-hybridized carbons (Fsp3) is 0.0667. The maximum absolute atomic E-state index is 12.0. The number of aryl methyl sites for hydroxylation is 1. The maximum Gasteiger partial charge on any atom is 0.275 e. The second kappa shape index (κ2) is 4.63. The first kappa shape index (κ1) is 12.1. The van der Waals surface area contributed by atoms with Crippen LogP contribution in [0.1, 0.15) is 11.1 Å². The summed E-state index contributed by atoms with van der Waals surface area (Å²) < 4.78 is 0.989. The lowest BCUT2D eigenvalue weighted by Crippen LogP contribution is -2.13. The molecule has 0 spiro atoms. The van der Waals surface area contributed by atoms with Gasteiger partial charge in [0.15, 0.2) is 0 Å². The van der Waals surface area contributed by atoms with Crippen LogP contribution in [-0.2, 0) is 4.79 Å². The Hall–Kier alpha value is -1.94. The number of hydrogen-bond donors (Lipinski definition) is 1. The van der Waals surface area contributed by atoms with Crippen LogP contribution >= 0.6 is 15.9 Å². The van der Waals surface area contributed by atoms with Crippen LogP contribution in [0.25, 0.3) is 0 Å². The Kier molecular flexibility index (Phi) is 2.95. The predicted molar refractivity (Wildman–Crippen MR) is 80.1 cm³/mol. The molecule has 1 N–H and O–H groups in total. The highest BCUT2D eigenvalue weighted by Crippen LogP contribution is 2.28. The van der Waals surface area contributed by atoms with Crippen LogP contribution in [0, 0.1) is 6.92 Å². The number of anilines is 1. The molecule has 19 heavy (non-hydrogen) atoms. The molecule has 94 valence electrons. The summed E-state index contributed by atoms with van der Waals surface area (Å²) in [4.78, 5) is 16.5. The molecule has 0 unspecified atom stereocenters. The number of fused-ring (bicyclic) bond motifs is 1. The number of benzene rings is 2. The van der Waals surface area contributed by atoms with Crippen molar-refractivity contribution < 1.29 is 4.79 Å². The van der Waals surface area contributed by atoms with E-state index in [1.54, 1.807) is 0 Å². The molecule has 4 heteroatoms. The van der Waals surface area contributed by atoms with Gasteiger partial charge in [0, 0.05) is 10.0 Å². The largest absolute Gasteiger partial charge is 0.320 e. The van der Waals surface area contributed by atoms with Gasteiger partial charge in [-0.25, -0.2) is 4.99 Å². The lowest BCUT2D eigenvalue weighted by molar-refractivity contribution is -0.110. The van der Waals surface area contributed by atoms with Crippen molar-refractivity contribution in [2.45, 2.75) is 6.92 Å². The van der Waals surface area contributed by atoms with Crippen molar-refractivity contribution in [1.29, 1.82) is 0 Å². The topological polar surface area (TPSA) is 41.5 Å². The Morgan fingerprint density at radius 2 is 1.84 bits per heavy atom. The molecular formula is C15H11BrN2O. The smallest absolute Gasteiger partial charge is 0.275 e. The van der Waals surface area contributed by atoms with E-state index < -0.39 is 0 Å². The molecule has 0 saturated heterocycles. The van der Waals surface area contributed by atoms with E-state index in [9.17, 15) is 4.79 Å². The van der Waals surface area contributed by atoms with E-state index in [1.165, 1.54) is 0 Å². The van der Waals surface area contributed by atoms with Gasteiger partial charge < -0.3 is 5.32 Å².